The Morgan fingerprint density at radius 2 is 2.12 bits per heavy atom. The minimum atomic E-state index is -0.499. The van der Waals surface area contributed by atoms with Crippen LogP contribution in [0.15, 0.2) is 18.2 Å². The number of nitro groups is 1. The van der Waals surface area contributed by atoms with Crippen molar-refractivity contribution in [3.8, 4) is 5.75 Å². The molecule has 1 rings (SSSR count). The first-order valence-electron chi connectivity index (χ1n) is 4.90. The predicted molar refractivity (Wildman–Crippen MR) is 68.3 cm³/mol. The van der Waals surface area contributed by atoms with E-state index in [1.165, 1.54) is 18.2 Å². The number of benzene rings is 1. The van der Waals surface area contributed by atoms with Crippen LogP contribution in [0.1, 0.15) is 0 Å². The highest BCUT2D eigenvalue weighted by molar-refractivity contribution is 7.80. The SMILES string of the molecule is O=[N+]([O-])c1ccc(Cl)c(OCCOCCS)c1. The zero-order valence-electron chi connectivity index (χ0n) is 8.97. The first kappa shape index (κ1) is 14.1. The van der Waals surface area contributed by atoms with Gasteiger partial charge in [0.15, 0.2) is 0 Å². The third-order valence-electron chi connectivity index (χ3n) is 1.85. The maximum atomic E-state index is 10.6. The average molecular weight is 278 g/mol. The Morgan fingerprint density at radius 3 is 2.76 bits per heavy atom. The van der Waals surface area contributed by atoms with Crippen LogP contribution < -0.4 is 4.74 Å². The van der Waals surface area contributed by atoms with Gasteiger partial charge in [-0.15, -0.1) is 0 Å². The zero-order valence-corrected chi connectivity index (χ0v) is 10.6. The molecule has 7 heteroatoms. The van der Waals surface area contributed by atoms with Crippen molar-refractivity contribution in [1.82, 2.24) is 0 Å². The summed E-state index contributed by atoms with van der Waals surface area (Å²) >= 11 is 9.82. The van der Waals surface area contributed by atoms with Gasteiger partial charge in [0.25, 0.3) is 5.69 Å². The summed E-state index contributed by atoms with van der Waals surface area (Å²) in [4.78, 5) is 10.1. The van der Waals surface area contributed by atoms with Crippen LogP contribution in [0.2, 0.25) is 5.02 Å². The van der Waals surface area contributed by atoms with Crippen LogP contribution in [0.5, 0.6) is 5.75 Å². The first-order chi connectivity index (χ1) is 8.15. The maximum Gasteiger partial charge on any atom is 0.273 e. The van der Waals surface area contributed by atoms with E-state index in [9.17, 15) is 10.1 Å². The molecular formula is C10H12ClNO4S. The number of hydrogen-bond acceptors (Lipinski definition) is 5. The number of nitro benzene ring substituents is 1. The van der Waals surface area contributed by atoms with E-state index >= 15 is 0 Å². The van der Waals surface area contributed by atoms with Gasteiger partial charge >= 0.3 is 0 Å². The molecule has 17 heavy (non-hydrogen) atoms. The lowest BCUT2D eigenvalue weighted by Gasteiger charge is -2.07. The predicted octanol–water partition coefficient (Wildman–Crippen LogP) is 2.57. The Labute approximate surface area is 109 Å². The van der Waals surface area contributed by atoms with Crippen LogP contribution in [0.25, 0.3) is 0 Å². The third-order valence-corrected chi connectivity index (χ3v) is 2.34. The molecule has 0 radical (unpaired) electrons. The van der Waals surface area contributed by atoms with Crippen LogP contribution in [0, 0.1) is 10.1 Å². The minimum absolute atomic E-state index is 0.0549. The Morgan fingerprint density at radius 1 is 1.35 bits per heavy atom. The fourth-order valence-electron chi connectivity index (χ4n) is 1.09. The van der Waals surface area contributed by atoms with E-state index in [0.29, 0.717) is 24.0 Å². The van der Waals surface area contributed by atoms with Gasteiger partial charge < -0.3 is 9.47 Å². The average Bonchev–Trinajstić information content (AvgIpc) is 2.30. The highest BCUT2D eigenvalue weighted by atomic mass is 35.5. The molecule has 0 saturated heterocycles. The lowest BCUT2D eigenvalue weighted by molar-refractivity contribution is -0.384. The molecular weight excluding hydrogens is 266 g/mol. The van der Waals surface area contributed by atoms with E-state index in [4.69, 9.17) is 21.1 Å². The zero-order chi connectivity index (χ0) is 12.7. The van der Waals surface area contributed by atoms with Crippen molar-refractivity contribution < 1.29 is 14.4 Å². The van der Waals surface area contributed by atoms with Crippen LogP contribution in [0.3, 0.4) is 0 Å². The molecule has 0 spiro atoms. The number of halogens is 1. The molecule has 0 aliphatic heterocycles. The summed E-state index contributed by atoms with van der Waals surface area (Å²) in [5.41, 5.74) is -0.0549. The maximum absolute atomic E-state index is 10.6. The standard InChI is InChI=1S/C10H12ClNO4S/c11-9-2-1-8(12(13)14)7-10(9)16-4-3-15-5-6-17/h1-2,7,17H,3-6H2. The number of ether oxygens (including phenoxy) is 2. The van der Waals surface area contributed by atoms with Crippen molar-refractivity contribution >= 4 is 29.9 Å². The second-order valence-electron chi connectivity index (χ2n) is 3.06. The molecule has 0 heterocycles. The summed E-state index contributed by atoms with van der Waals surface area (Å²) in [7, 11) is 0. The number of rotatable bonds is 7. The van der Waals surface area contributed by atoms with Crippen LogP contribution in [-0.2, 0) is 4.74 Å². The molecule has 0 fully saturated rings. The van der Waals surface area contributed by atoms with Gasteiger partial charge in [0.2, 0.25) is 0 Å². The van der Waals surface area contributed by atoms with Gasteiger partial charge in [-0.2, -0.15) is 12.6 Å². The van der Waals surface area contributed by atoms with Crippen LogP contribution >= 0.6 is 24.2 Å². The monoisotopic (exact) mass is 277 g/mol. The molecule has 0 aromatic heterocycles. The third kappa shape index (κ3) is 4.80. The fraction of sp³-hybridized carbons (Fsp3) is 0.400. The second kappa shape index (κ2) is 7.37. The van der Waals surface area contributed by atoms with Gasteiger partial charge in [-0.25, -0.2) is 0 Å². The molecule has 0 aliphatic carbocycles. The molecule has 94 valence electrons. The summed E-state index contributed by atoms with van der Waals surface area (Å²) in [5, 5.41) is 10.9. The summed E-state index contributed by atoms with van der Waals surface area (Å²) < 4.78 is 10.4. The highest BCUT2D eigenvalue weighted by Crippen LogP contribution is 2.28. The second-order valence-corrected chi connectivity index (χ2v) is 3.91. The van der Waals surface area contributed by atoms with Gasteiger partial charge in [0.05, 0.1) is 29.2 Å². The molecule has 5 nitrogen and oxygen atoms in total. The van der Waals surface area contributed by atoms with Gasteiger partial charge in [-0.3, -0.25) is 10.1 Å². The lowest BCUT2D eigenvalue weighted by Crippen LogP contribution is -2.08. The van der Waals surface area contributed by atoms with E-state index in [2.05, 4.69) is 12.6 Å². The summed E-state index contributed by atoms with van der Waals surface area (Å²) in [6, 6.07) is 4.05. The van der Waals surface area contributed by atoms with Crippen LogP contribution in [0.4, 0.5) is 5.69 Å². The van der Waals surface area contributed by atoms with Crippen molar-refractivity contribution in [2.45, 2.75) is 0 Å². The van der Waals surface area contributed by atoms with Gasteiger partial charge in [0.1, 0.15) is 12.4 Å². The van der Waals surface area contributed by atoms with Gasteiger partial charge in [-0.1, -0.05) is 11.6 Å². The smallest absolute Gasteiger partial charge is 0.273 e. The van der Waals surface area contributed by atoms with Crippen molar-refractivity contribution in [2.75, 3.05) is 25.6 Å². The Hall–Kier alpha value is -0.980. The van der Waals surface area contributed by atoms with E-state index < -0.39 is 4.92 Å². The molecule has 0 bridgehead atoms. The summed E-state index contributed by atoms with van der Waals surface area (Å²) in [6.07, 6.45) is 0. The topological polar surface area (TPSA) is 61.6 Å². The summed E-state index contributed by atoms with van der Waals surface area (Å²) in [6.45, 7) is 1.21. The Kier molecular flexibility index (Phi) is 6.10. The molecule has 0 aliphatic rings. The number of non-ortho nitro benzene ring substituents is 1. The van der Waals surface area contributed by atoms with Crippen LogP contribution in [-0.4, -0.2) is 30.5 Å². The van der Waals surface area contributed by atoms with E-state index in [-0.39, 0.29) is 18.0 Å². The van der Waals surface area contributed by atoms with Crippen molar-refractivity contribution in [1.29, 1.82) is 0 Å². The Bertz CT molecular complexity index is 389. The quantitative estimate of drug-likeness (QED) is 0.360. The molecule has 1 aromatic carbocycles. The van der Waals surface area contributed by atoms with Gasteiger partial charge in [-0.05, 0) is 6.07 Å². The molecule has 0 amide bonds. The normalized spacial score (nSPS) is 10.2. The number of hydrogen-bond donors (Lipinski definition) is 1. The summed E-state index contributed by atoms with van der Waals surface area (Å²) in [5.74, 6) is 0.924. The fourth-order valence-corrected chi connectivity index (χ4v) is 1.39. The molecule has 0 atom stereocenters. The number of thiol groups is 1. The largest absolute Gasteiger partial charge is 0.489 e. The molecule has 0 saturated carbocycles. The highest BCUT2D eigenvalue weighted by Gasteiger charge is 2.10. The Balaban J connectivity index is 2.51. The molecule has 0 unspecified atom stereocenters. The van der Waals surface area contributed by atoms with E-state index in [1.54, 1.807) is 0 Å². The van der Waals surface area contributed by atoms with E-state index in [1.807, 2.05) is 0 Å². The lowest BCUT2D eigenvalue weighted by atomic mass is 10.3. The molecule has 0 N–H and O–H groups in total. The van der Waals surface area contributed by atoms with E-state index in [0.717, 1.165) is 0 Å². The minimum Gasteiger partial charge on any atom is -0.489 e. The first-order valence-corrected chi connectivity index (χ1v) is 5.91. The van der Waals surface area contributed by atoms with Crippen molar-refractivity contribution in [3.63, 3.8) is 0 Å². The van der Waals surface area contributed by atoms with Gasteiger partial charge in [0, 0.05) is 11.8 Å². The van der Waals surface area contributed by atoms with Crippen molar-refractivity contribution in [3.05, 3.63) is 33.3 Å². The van der Waals surface area contributed by atoms with Crippen molar-refractivity contribution in [2.24, 2.45) is 0 Å². The molecule has 1 aromatic rings. The number of nitrogens with zero attached hydrogens (tertiary/aromatic N) is 1.